The molecule has 1 heterocycles. The van der Waals surface area contributed by atoms with E-state index in [0.717, 1.165) is 27.7 Å². The van der Waals surface area contributed by atoms with E-state index in [9.17, 15) is 9.59 Å². The van der Waals surface area contributed by atoms with Crippen LogP contribution in [0.2, 0.25) is 0 Å². The number of carbonyl (C=O) groups excluding carboxylic acids is 2. The predicted octanol–water partition coefficient (Wildman–Crippen LogP) is 4.75. The fourth-order valence-electron chi connectivity index (χ4n) is 3.20. The second kappa shape index (κ2) is 7.27. The van der Waals surface area contributed by atoms with Crippen molar-refractivity contribution in [1.29, 1.82) is 0 Å². The number of para-hydroxylation sites is 1. The van der Waals surface area contributed by atoms with Crippen molar-refractivity contribution in [2.24, 2.45) is 0 Å². The number of anilines is 1. The highest BCUT2D eigenvalue weighted by Crippen LogP contribution is 2.31. The summed E-state index contributed by atoms with van der Waals surface area (Å²) in [6, 6.07) is 11.0. The van der Waals surface area contributed by atoms with Crippen molar-refractivity contribution >= 4 is 28.5 Å². The zero-order valence-electron chi connectivity index (χ0n) is 16.3. The van der Waals surface area contributed by atoms with Gasteiger partial charge in [-0.1, -0.05) is 24.3 Å². The Morgan fingerprint density at radius 3 is 2.26 bits per heavy atom. The molecule has 0 spiro atoms. The second-order valence-electron chi connectivity index (χ2n) is 7.09. The standard InChI is InChI=1S/C22H24N2O3/c1-12(2)23-21(25)16-8-6-7-9-17(16)24-22(26)20-15(5)18-13(3)10-11-14(4)19(18)27-20/h6-12H,1-5H3,(H,23,25)(H,24,26). The summed E-state index contributed by atoms with van der Waals surface area (Å²) in [5.41, 5.74) is 4.44. The van der Waals surface area contributed by atoms with Crippen LogP contribution in [-0.2, 0) is 0 Å². The molecule has 0 atom stereocenters. The Labute approximate surface area is 158 Å². The van der Waals surface area contributed by atoms with Gasteiger partial charge in [-0.05, 0) is 57.9 Å². The first kappa shape index (κ1) is 18.7. The van der Waals surface area contributed by atoms with Gasteiger partial charge in [0.1, 0.15) is 5.58 Å². The maximum Gasteiger partial charge on any atom is 0.291 e. The van der Waals surface area contributed by atoms with Gasteiger partial charge in [0, 0.05) is 17.0 Å². The number of carbonyl (C=O) groups is 2. The van der Waals surface area contributed by atoms with Gasteiger partial charge in [-0.25, -0.2) is 0 Å². The molecule has 2 N–H and O–H groups in total. The number of amides is 2. The number of fused-ring (bicyclic) bond motifs is 1. The Balaban J connectivity index is 1.97. The van der Waals surface area contributed by atoms with Gasteiger partial charge in [0.05, 0.1) is 11.3 Å². The van der Waals surface area contributed by atoms with Gasteiger partial charge in [0.25, 0.3) is 11.8 Å². The quantitative estimate of drug-likeness (QED) is 0.702. The summed E-state index contributed by atoms with van der Waals surface area (Å²) in [7, 11) is 0. The van der Waals surface area contributed by atoms with E-state index in [2.05, 4.69) is 10.6 Å². The lowest BCUT2D eigenvalue weighted by Crippen LogP contribution is -2.31. The number of hydrogen-bond acceptors (Lipinski definition) is 3. The molecule has 0 aliphatic heterocycles. The third-order valence-corrected chi connectivity index (χ3v) is 4.53. The van der Waals surface area contributed by atoms with E-state index in [1.54, 1.807) is 24.3 Å². The molecule has 0 aliphatic rings. The van der Waals surface area contributed by atoms with Gasteiger partial charge in [-0.3, -0.25) is 9.59 Å². The molecule has 5 heteroatoms. The van der Waals surface area contributed by atoms with Crippen molar-refractivity contribution in [3.8, 4) is 0 Å². The van der Waals surface area contributed by atoms with Crippen molar-refractivity contribution in [2.75, 3.05) is 5.32 Å². The Hall–Kier alpha value is -3.08. The lowest BCUT2D eigenvalue weighted by Gasteiger charge is -2.12. The molecule has 27 heavy (non-hydrogen) atoms. The maximum absolute atomic E-state index is 12.9. The third kappa shape index (κ3) is 3.58. The maximum atomic E-state index is 12.9. The van der Waals surface area contributed by atoms with Crippen LogP contribution >= 0.6 is 0 Å². The number of rotatable bonds is 4. The molecule has 0 unspecified atom stereocenters. The summed E-state index contributed by atoms with van der Waals surface area (Å²) < 4.78 is 5.90. The molecule has 3 rings (SSSR count). The topological polar surface area (TPSA) is 71.3 Å². The van der Waals surface area contributed by atoms with Crippen LogP contribution in [0.1, 0.15) is 51.5 Å². The van der Waals surface area contributed by atoms with Gasteiger partial charge in [-0.2, -0.15) is 0 Å². The summed E-state index contributed by atoms with van der Waals surface area (Å²) in [5, 5.41) is 6.64. The van der Waals surface area contributed by atoms with Gasteiger partial charge in [0.15, 0.2) is 5.76 Å². The summed E-state index contributed by atoms with van der Waals surface area (Å²) >= 11 is 0. The molecule has 2 aromatic carbocycles. The fourth-order valence-corrected chi connectivity index (χ4v) is 3.20. The van der Waals surface area contributed by atoms with Crippen molar-refractivity contribution in [2.45, 2.75) is 40.7 Å². The second-order valence-corrected chi connectivity index (χ2v) is 7.09. The molecule has 140 valence electrons. The van der Waals surface area contributed by atoms with Crippen molar-refractivity contribution in [3.05, 3.63) is 64.4 Å². The fraction of sp³-hybridized carbons (Fsp3) is 0.273. The molecule has 0 saturated carbocycles. The van der Waals surface area contributed by atoms with Gasteiger partial charge >= 0.3 is 0 Å². The van der Waals surface area contributed by atoms with Crippen molar-refractivity contribution in [3.63, 3.8) is 0 Å². The Morgan fingerprint density at radius 1 is 0.926 bits per heavy atom. The molecular weight excluding hydrogens is 340 g/mol. The zero-order chi connectivity index (χ0) is 19.7. The van der Waals surface area contributed by atoms with E-state index < -0.39 is 0 Å². The molecule has 5 nitrogen and oxygen atoms in total. The first-order valence-corrected chi connectivity index (χ1v) is 9.00. The van der Waals surface area contributed by atoms with E-state index in [-0.39, 0.29) is 23.6 Å². The number of benzene rings is 2. The Morgan fingerprint density at radius 2 is 1.59 bits per heavy atom. The number of aryl methyl sites for hydroxylation is 3. The van der Waals surface area contributed by atoms with E-state index in [1.807, 2.05) is 46.8 Å². The van der Waals surface area contributed by atoms with E-state index in [4.69, 9.17) is 4.42 Å². The monoisotopic (exact) mass is 364 g/mol. The minimum Gasteiger partial charge on any atom is -0.450 e. The van der Waals surface area contributed by atoms with Crippen molar-refractivity contribution < 1.29 is 14.0 Å². The van der Waals surface area contributed by atoms with Crippen LogP contribution in [0.3, 0.4) is 0 Å². The lowest BCUT2D eigenvalue weighted by atomic mass is 10.0. The average Bonchev–Trinajstić information content (AvgIpc) is 2.97. The van der Waals surface area contributed by atoms with Gasteiger partial charge in [-0.15, -0.1) is 0 Å². The largest absolute Gasteiger partial charge is 0.450 e. The smallest absolute Gasteiger partial charge is 0.291 e. The first-order chi connectivity index (χ1) is 12.8. The van der Waals surface area contributed by atoms with E-state index in [0.29, 0.717) is 11.3 Å². The normalized spacial score (nSPS) is 11.0. The molecule has 3 aromatic rings. The summed E-state index contributed by atoms with van der Waals surface area (Å²) in [6.07, 6.45) is 0. The molecule has 2 amide bonds. The lowest BCUT2D eigenvalue weighted by molar-refractivity contribution is 0.0944. The predicted molar refractivity (Wildman–Crippen MR) is 107 cm³/mol. The molecule has 0 fully saturated rings. The van der Waals surface area contributed by atoms with Gasteiger partial charge < -0.3 is 15.1 Å². The van der Waals surface area contributed by atoms with Crippen LogP contribution < -0.4 is 10.6 Å². The minimum atomic E-state index is -0.368. The molecule has 0 radical (unpaired) electrons. The molecule has 0 bridgehead atoms. The SMILES string of the molecule is Cc1ccc(C)c2c(C)c(C(=O)Nc3ccccc3C(=O)NC(C)C)oc12. The highest BCUT2D eigenvalue weighted by molar-refractivity contribution is 6.10. The summed E-state index contributed by atoms with van der Waals surface area (Å²) in [6.45, 7) is 9.61. The third-order valence-electron chi connectivity index (χ3n) is 4.53. The van der Waals surface area contributed by atoms with Gasteiger partial charge in [0.2, 0.25) is 0 Å². The Kier molecular flexibility index (Phi) is 5.04. The van der Waals surface area contributed by atoms with Crippen LogP contribution in [0.15, 0.2) is 40.8 Å². The van der Waals surface area contributed by atoms with Crippen LogP contribution in [0.5, 0.6) is 0 Å². The number of nitrogens with one attached hydrogen (secondary N) is 2. The molecule has 0 saturated heterocycles. The first-order valence-electron chi connectivity index (χ1n) is 9.00. The molecule has 1 aromatic heterocycles. The minimum absolute atomic E-state index is 0.00447. The van der Waals surface area contributed by atoms with Crippen LogP contribution in [-0.4, -0.2) is 17.9 Å². The van der Waals surface area contributed by atoms with Crippen LogP contribution in [0.4, 0.5) is 5.69 Å². The summed E-state index contributed by atoms with van der Waals surface area (Å²) in [5.74, 6) is -0.331. The van der Waals surface area contributed by atoms with Crippen LogP contribution in [0.25, 0.3) is 11.0 Å². The number of furan rings is 1. The average molecular weight is 364 g/mol. The summed E-state index contributed by atoms with van der Waals surface area (Å²) in [4.78, 5) is 25.3. The van der Waals surface area contributed by atoms with E-state index >= 15 is 0 Å². The number of hydrogen-bond donors (Lipinski definition) is 2. The Bertz CT molecular complexity index is 1030. The zero-order valence-corrected chi connectivity index (χ0v) is 16.3. The highest BCUT2D eigenvalue weighted by Gasteiger charge is 2.21. The van der Waals surface area contributed by atoms with Crippen LogP contribution in [0, 0.1) is 20.8 Å². The molecular formula is C22H24N2O3. The highest BCUT2D eigenvalue weighted by atomic mass is 16.3. The van der Waals surface area contributed by atoms with Crippen molar-refractivity contribution in [1.82, 2.24) is 5.32 Å². The van der Waals surface area contributed by atoms with E-state index in [1.165, 1.54) is 0 Å². The molecule has 0 aliphatic carbocycles.